The van der Waals surface area contributed by atoms with Crippen molar-refractivity contribution < 1.29 is 0 Å². The molecule has 8 heteroatoms. The van der Waals surface area contributed by atoms with Crippen molar-refractivity contribution in [2.45, 2.75) is 26.9 Å². The molecule has 0 aliphatic rings. The zero-order valence-corrected chi connectivity index (χ0v) is 19.7. The van der Waals surface area contributed by atoms with Gasteiger partial charge < -0.3 is 16.4 Å². The van der Waals surface area contributed by atoms with Crippen LogP contribution in [0.3, 0.4) is 0 Å². The van der Waals surface area contributed by atoms with Gasteiger partial charge in [-0.3, -0.25) is 4.98 Å². The summed E-state index contributed by atoms with van der Waals surface area (Å²) in [4.78, 5) is 17.3. The molecule has 0 unspecified atom stereocenters. The van der Waals surface area contributed by atoms with Crippen LogP contribution in [0.1, 0.15) is 22.3 Å². The van der Waals surface area contributed by atoms with Crippen LogP contribution < -0.4 is 16.4 Å². The molecule has 0 spiro atoms. The molecule has 3 aromatic heterocycles. The van der Waals surface area contributed by atoms with Crippen LogP contribution in [0.2, 0.25) is 5.02 Å². The topological polar surface area (TPSA) is 102 Å². The van der Waals surface area contributed by atoms with E-state index in [-0.39, 0.29) is 0 Å². The van der Waals surface area contributed by atoms with Crippen molar-refractivity contribution >= 4 is 50.7 Å². The monoisotopic (exact) mass is 469 g/mol. The maximum atomic E-state index is 6.08. The zero-order chi connectivity index (χ0) is 23.7. The zero-order valence-electron chi connectivity index (χ0n) is 18.9. The third-order valence-corrected chi connectivity index (χ3v) is 6.22. The number of nitrogens with two attached hydrogens (primary N) is 1. The molecular formula is C26H24ClN7. The van der Waals surface area contributed by atoms with Gasteiger partial charge in [0.05, 0.1) is 10.5 Å². The Morgan fingerprint density at radius 1 is 0.853 bits per heavy atom. The van der Waals surface area contributed by atoms with Crippen molar-refractivity contribution in [2.75, 3.05) is 16.4 Å². The summed E-state index contributed by atoms with van der Waals surface area (Å²) in [5.41, 5.74) is 11.7. The first-order chi connectivity index (χ1) is 16.5. The third-order valence-electron chi connectivity index (χ3n) is 6.01. The summed E-state index contributed by atoms with van der Waals surface area (Å²) in [7, 11) is 0. The van der Waals surface area contributed by atoms with Gasteiger partial charge in [-0.1, -0.05) is 17.7 Å². The van der Waals surface area contributed by atoms with Crippen LogP contribution in [0.4, 0.5) is 17.5 Å². The minimum absolute atomic E-state index is 0.556. The molecule has 0 bridgehead atoms. The lowest BCUT2D eigenvalue weighted by Crippen LogP contribution is -2.08. The van der Waals surface area contributed by atoms with Gasteiger partial charge in [-0.15, -0.1) is 0 Å². The lowest BCUT2D eigenvalue weighted by Gasteiger charge is -2.15. The van der Waals surface area contributed by atoms with Gasteiger partial charge >= 0.3 is 0 Å². The Hall–Kier alpha value is -3.97. The van der Waals surface area contributed by atoms with Crippen molar-refractivity contribution in [3.63, 3.8) is 0 Å². The lowest BCUT2D eigenvalue weighted by atomic mass is 9.96. The van der Waals surface area contributed by atoms with E-state index in [1.807, 2.05) is 30.3 Å². The van der Waals surface area contributed by atoms with Crippen LogP contribution in [0, 0.1) is 13.8 Å². The maximum absolute atomic E-state index is 6.08. The number of hydrogen-bond acceptors (Lipinski definition) is 7. The van der Waals surface area contributed by atoms with Gasteiger partial charge in [-0.05, 0) is 71.8 Å². The average Bonchev–Trinajstić information content (AvgIpc) is 2.83. The number of halogens is 1. The number of aromatic nitrogens is 4. The first-order valence-electron chi connectivity index (χ1n) is 10.9. The highest BCUT2D eigenvalue weighted by Gasteiger charge is 2.10. The molecule has 0 saturated carbocycles. The first kappa shape index (κ1) is 21.9. The summed E-state index contributed by atoms with van der Waals surface area (Å²) in [5.74, 6) is 2.05. The predicted molar refractivity (Wildman–Crippen MR) is 139 cm³/mol. The van der Waals surface area contributed by atoms with Gasteiger partial charge in [0.25, 0.3) is 0 Å². The number of nitrogen functional groups attached to an aromatic ring is 1. The maximum Gasteiger partial charge on any atom is 0.131 e. The highest BCUT2D eigenvalue weighted by molar-refractivity contribution is 6.31. The van der Waals surface area contributed by atoms with Gasteiger partial charge in [0, 0.05) is 42.3 Å². The molecule has 2 aromatic carbocycles. The van der Waals surface area contributed by atoms with Crippen LogP contribution >= 0.6 is 11.6 Å². The number of pyridine rings is 2. The largest absolute Gasteiger partial charge is 0.383 e. The molecule has 34 heavy (non-hydrogen) atoms. The van der Waals surface area contributed by atoms with E-state index in [4.69, 9.17) is 17.3 Å². The Kier molecular flexibility index (Phi) is 5.86. The number of nitrogens with zero attached hydrogens (tertiary/aromatic N) is 4. The summed E-state index contributed by atoms with van der Waals surface area (Å²) >= 11 is 6.08. The fourth-order valence-corrected chi connectivity index (χ4v) is 4.35. The summed E-state index contributed by atoms with van der Waals surface area (Å²) in [6.07, 6.45) is 4.96. The van der Waals surface area contributed by atoms with E-state index < -0.39 is 0 Å². The smallest absolute Gasteiger partial charge is 0.131 e. The number of anilines is 3. The minimum Gasteiger partial charge on any atom is -0.383 e. The Bertz CT molecular complexity index is 1520. The second-order valence-corrected chi connectivity index (χ2v) is 8.70. The summed E-state index contributed by atoms with van der Waals surface area (Å²) in [6, 6.07) is 14.1. The number of rotatable bonds is 6. The van der Waals surface area contributed by atoms with Crippen LogP contribution in [0.15, 0.2) is 61.2 Å². The van der Waals surface area contributed by atoms with Crippen LogP contribution in [0.5, 0.6) is 0 Å². The van der Waals surface area contributed by atoms with E-state index in [0.717, 1.165) is 44.4 Å². The van der Waals surface area contributed by atoms with Gasteiger partial charge in [0.2, 0.25) is 0 Å². The molecule has 5 rings (SSSR count). The highest BCUT2D eigenvalue weighted by atomic mass is 35.5. The highest BCUT2D eigenvalue weighted by Crippen LogP contribution is 2.28. The van der Waals surface area contributed by atoms with Crippen LogP contribution in [-0.2, 0) is 13.1 Å². The van der Waals surface area contributed by atoms with E-state index in [0.29, 0.717) is 23.9 Å². The summed E-state index contributed by atoms with van der Waals surface area (Å²) in [5, 5.41) is 10.5. The Balaban J connectivity index is 1.29. The Labute approximate surface area is 202 Å². The minimum atomic E-state index is 0.556. The third kappa shape index (κ3) is 4.43. The van der Waals surface area contributed by atoms with Gasteiger partial charge in [0.15, 0.2) is 0 Å². The second-order valence-electron chi connectivity index (χ2n) is 8.26. The SMILES string of the molecule is Cc1cc2c(N)nccc2c(C)c1CNc1cc(NCc2ccc3ncc(Cl)cc3c2)ncn1. The van der Waals surface area contributed by atoms with Crippen LogP contribution in [-0.4, -0.2) is 19.9 Å². The van der Waals surface area contributed by atoms with E-state index in [1.54, 1.807) is 18.7 Å². The molecule has 4 N–H and O–H groups in total. The van der Waals surface area contributed by atoms with E-state index >= 15 is 0 Å². The standard InChI is InChI=1S/C26H24ClN7/c1-15-7-21-20(5-6-29-26(21)28)16(2)22(15)13-32-25-10-24(33-14-34-25)31-11-17-3-4-23-18(8-17)9-19(27)12-30-23/h3-10,12,14H,11,13H2,1-2H3,(H2,28,29)(H2,31,32,33,34). The van der Waals surface area contributed by atoms with Gasteiger partial charge in [-0.2, -0.15) is 0 Å². The molecule has 0 saturated heterocycles. The van der Waals surface area contributed by atoms with Crippen molar-refractivity contribution in [3.8, 4) is 0 Å². The van der Waals surface area contributed by atoms with Crippen LogP contribution in [0.25, 0.3) is 21.7 Å². The van der Waals surface area contributed by atoms with Crippen molar-refractivity contribution in [3.05, 3.63) is 88.5 Å². The normalized spacial score (nSPS) is 11.1. The molecule has 7 nitrogen and oxygen atoms in total. The van der Waals surface area contributed by atoms with Crippen molar-refractivity contribution in [1.29, 1.82) is 0 Å². The molecule has 0 fully saturated rings. The van der Waals surface area contributed by atoms with Gasteiger partial charge in [-0.25, -0.2) is 15.0 Å². The van der Waals surface area contributed by atoms with Gasteiger partial charge in [0.1, 0.15) is 23.8 Å². The van der Waals surface area contributed by atoms with Crippen molar-refractivity contribution in [1.82, 2.24) is 19.9 Å². The molecule has 170 valence electrons. The number of benzene rings is 2. The van der Waals surface area contributed by atoms with E-state index in [1.165, 1.54) is 11.1 Å². The quantitative estimate of drug-likeness (QED) is 0.295. The first-order valence-corrected chi connectivity index (χ1v) is 11.3. The molecule has 3 heterocycles. The summed E-state index contributed by atoms with van der Waals surface area (Å²) in [6.45, 7) is 5.47. The van der Waals surface area contributed by atoms with Crippen molar-refractivity contribution in [2.24, 2.45) is 0 Å². The molecule has 0 amide bonds. The molecule has 5 aromatic rings. The fourth-order valence-electron chi connectivity index (χ4n) is 4.19. The number of fused-ring (bicyclic) bond motifs is 2. The number of nitrogens with one attached hydrogen (secondary N) is 2. The number of aryl methyl sites for hydroxylation is 2. The molecular weight excluding hydrogens is 446 g/mol. The summed E-state index contributed by atoms with van der Waals surface area (Å²) < 4.78 is 0. The second kappa shape index (κ2) is 9.11. The molecule has 0 aliphatic carbocycles. The molecule has 0 radical (unpaired) electrons. The Morgan fingerprint density at radius 2 is 1.65 bits per heavy atom. The lowest BCUT2D eigenvalue weighted by molar-refractivity contribution is 1.04. The van der Waals surface area contributed by atoms with E-state index in [2.05, 4.69) is 56.5 Å². The average molecular weight is 470 g/mol. The molecule has 0 aliphatic heterocycles. The number of hydrogen-bond donors (Lipinski definition) is 3. The predicted octanol–water partition coefficient (Wildman–Crippen LogP) is 5.65. The Morgan fingerprint density at radius 3 is 2.47 bits per heavy atom. The molecule has 0 atom stereocenters. The van der Waals surface area contributed by atoms with E-state index in [9.17, 15) is 0 Å². The fraction of sp³-hybridized carbons (Fsp3) is 0.154.